The van der Waals surface area contributed by atoms with Crippen LogP contribution in [0.25, 0.3) is 10.9 Å². The molecule has 0 spiro atoms. The third-order valence-electron chi connectivity index (χ3n) is 4.64. The first kappa shape index (κ1) is 13.4. The standard InChI is InChI=1S/C18H24N2/c1-2-14-5-3-7-16(9-8-14)20-17-10-11-18-15(13-17)6-4-12-19-18/h4,6,10-14,16,20H,2-3,5,7-9H2,1H3. The van der Waals surface area contributed by atoms with Gasteiger partial charge in [0.1, 0.15) is 0 Å². The van der Waals surface area contributed by atoms with Crippen molar-refractivity contribution in [2.24, 2.45) is 5.92 Å². The molecule has 1 saturated carbocycles. The van der Waals surface area contributed by atoms with Gasteiger partial charge in [-0.1, -0.05) is 32.3 Å². The van der Waals surface area contributed by atoms with Crippen LogP contribution in [-0.4, -0.2) is 11.0 Å². The number of hydrogen-bond acceptors (Lipinski definition) is 2. The molecular formula is C18H24N2. The van der Waals surface area contributed by atoms with Gasteiger partial charge in [-0.15, -0.1) is 0 Å². The molecule has 0 saturated heterocycles. The average molecular weight is 268 g/mol. The predicted molar refractivity (Wildman–Crippen MR) is 86.0 cm³/mol. The number of benzene rings is 1. The number of rotatable bonds is 3. The summed E-state index contributed by atoms with van der Waals surface area (Å²) in [5.41, 5.74) is 2.32. The molecule has 2 heteroatoms. The number of anilines is 1. The van der Waals surface area contributed by atoms with Crippen LogP contribution in [0.15, 0.2) is 36.5 Å². The van der Waals surface area contributed by atoms with Crippen molar-refractivity contribution in [2.75, 3.05) is 5.32 Å². The molecule has 2 nitrogen and oxygen atoms in total. The maximum Gasteiger partial charge on any atom is 0.0703 e. The summed E-state index contributed by atoms with van der Waals surface area (Å²) < 4.78 is 0. The summed E-state index contributed by atoms with van der Waals surface area (Å²) in [6, 6.07) is 11.3. The third kappa shape index (κ3) is 3.12. The Morgan fingerprint density at radius 2 is 2.10 bits per heavy atom. The molecule has 1 aromatic heterocycles. The van der Waals surface area contributed by atoms with E-state index < -0.39 is 0 Å². The Kier molecular flexibility index (Phi) is 4.19. The molecule has 1 N–H and O–H groups in total. The molecule has 2 atom stereocenters. The predicted octanol–water partition coefficient (Wildman–Crippen LogP) is 5.01. The Bertz CT molecular complexity index is 564. The molecule has 1 aliphatic carbocycles. The van der Waals surface area contributed by atoms with Crippen molar-refractivity contribution in [3.05, 3.63) is 36.5 Å². The number of nitrogens with zero attached hydrogens (tertiary/aromatic N) is 1. The van der Waals surface area contributed by atoms with E-state index in [4.69, 9.17) is 0 Å². The first-order valence-electron chi connectivity index (χ1n) is 7.96. The second-order valence-electron chi connectivity index (χ2n) is 6.03. The van der Waals surface area contributed by atoms with E-state index in [0.29, 0.717) is 6.04 Å². The van der Waals surface area contributed by atoms with Gasteiger partial charge in [0.05, 0.1) is 5.52 Å². The lowest BCUT2D eigenvalue weighted by Crippen LogP contribution is -2.18. The molecule has 0 bridgehead atoms. The SMILES string of the molecule is CCC1CCCC(Nc2ccc3ncccc3c2)CC1. The minimum Gasteiger partial charge on any atom is -0.382 e. The zero-order valence-electron chi connectivity index (χ0n) is 12.3. The average Bonchev–Trinajstić information content (AvgIpc) is 2.72. The molecule has 1 aromatic carbocycles. The molecule has 0 amide bonds. The Morgan fingerprint density at radius 3 is 3.00 bits per heavy atom. The molecule has 3 rings (SSSR count). The maximum atomic E-state index is 4.38. The van der Waals surface area contributed by atoms with Crippen LogP contribution in [0.4, 0.5) is 5.69 Å². The van der Waals surface area contributed by atoms with Gasteiger partial charge in [0.2, 0.25) is 0 Å². The van der Waals surface area contributed by atoms with Gasteiger partial charge in [0.15, 0.2) is 0 Å². The maximum absolute atomic E-state index is 4.38. The molecule has 1 aliphatic rings. The Hall–Kier alpha value is -1.57. The quantitative estimate of drug-likeness (QED) is 0.792. The van der Waals surface area contributed by atoms with E-state index in [2.05, 4.69) is 41.5 Å². The van der Waals surface area contributed by atoms with Gasteiger partial charge >= 0.3 is 0 Å². The van der Waals surface area contributed by atoms with Crippen molar-refractivity contribution < 1.29 is 0 Å². The van der Waals surface area contributed by atoms with Crippen LogP contribution in [0, 0.1) is 5.92 Å². The van der Waals surface area contributed by atoms with Crippen LogP contribution in [0.1, 0.15) is 45.4 Å². The van der Waals surface area contributed by atoms with Gasteiger partial charge in [-0.3, -0.25) is 4.98 Å². The summed E-state index contributed by atoms with van der Waals surface area (Å²) in [5.74, 6) is 0.947. The number of aromatic nitrogens is 1. The summed E-state index contributed by atoms with van der Waals surface area (Å²) in [6.45, 7) is 2.33. The highest BCUT2D eigenvalue weighted by atomic mass is 14.9. The topological polar surface area (TPSA) is 24.9 Å². The van der Waals surface area contributed by atoms with Crippen molar-refractivity contribution in [3.8, 4) is 0 Å². The van der Waals surface area contributed by atoms with Crippen molar-refractivity contribution in [1.82, 2.24) is 4.98 Å². The highest BCUT2D eigenvalue weighted by Gasteiger charge is 2.17. The van der Waals surface area contributed by atoms with Crippen LogP contribution in [0.3, 0.4) is 0 Å². The Labute approximate surface area is 121 Å². The van der Waals surface area contributed by atoms with Crippen LogP contribution < -0.4 is 5.32 Å². The number of nitrogens with one attached hydrogen (secondary N) is 1. The molecule has 106 valence electrons. The number of pyridine rings is 1. The van der Waals surface area contributed by atoms with Gasteiger partial charge in [0.25, 0.3) is 0 Å². The zero-order chi connectivity index (χ0) is 13.8. The van der Waals surface area contributed by atoms with E-state index in [1.165, 1.54) is 49.6 Å². The summed E-state index contributed by atoms with van der Waals surface area (Å²) >= 11 is 0. The fourth-order valence-electron chi connectivity index (χ4n) is 3.33. The second kappa shape index (κ2) is 6.25. The zero-order valence-corrected chi connectivity index (χ0v) is 12.3. The molecule has 20 heavy (non-hydrogen) atoms. The van der Waals surface area contributed by atoms with Crippen LogP contribution in [0.5, 0.6) is 0 Å². The van der Waals surface area contributed by atoms with Crippen LogP contribution in [-0.2, 0) is 0 Å². The number of hydrogen-bond donors (Lipinski definition) is 1. The lowest BCUT2D eigenvalue weighted by molar-refractivity contribution is 0.444. The summed E-state index contributed by atoms with van der Waals surface area (Å²) in [5, 5.41) is 4.95. The molecular weight excluding hydrogens is 244 g/mol. The molecule has 1 fully saturated rings. The summed E-state index contributed by atoms with van der Waals surface area (Å²) in [4.78, 5) is 4.38. The van der Waals surface area contributed by atoms with E-state index >= 15 is 0 Å². The molecule has 2 unspecified atom stereocenters. The number of fused-ring (bicyclic) bond motifs is 1. The Balaban J connectivity index is 1.69. The molecule has 0 aliphatic heterocycles. The van der Waals surface area contributed by atoms with E-state index in [0.717, 1.165) is 11.4 Å². The highest BCUT2D eigenvalue weighted by Crippen LogP contribution is 2.28. The highest BCUT2D eigenvalue weighted by molar-refractivity contribution is 5.82. The molecule has 2 aromatic rings. The first-order chi connectivity index (χ1) is 9.85. The van der Waals surface area contributed by atoms with Crippen molar-refractivity contribution >= 4 is 16.6 Å². The van der Waals surface area contributed by atoms with Gasteiger partial charge in [0, 0.05) is 23.3 Å². The second-order valence-corrected chi connectivity index (χ2v) is 6.03. The minimum atomic E-state index is 0.640. The van der Waals surface area contributed by atoms with E-state index in [1.807, 2.05) is 12.3 Å². The molecule has 0 radical (unpaired) electrons. The third-order valence-corrected chi connectivity index (χ3v) is 4.64. The van der Waals surface area contributed by atoms with E-state index in [1.54, 1.807) is 0 Å². The van der Waals surface area contributed by atoms with Crippen molar-refractivity contribution in [1.29, 1.82) is 0 Å². The summed E-state index contributed by atoms with van der Waals surface area (Å²) in [7, 11) is 0. The normalized spacial score (nSPS) is 23.4. The minimum absolute atomic E-state index is 0.640. The summed E-state index contributed by atoms with van der Waals surface area (Å²) in [6.07, 6.45) is 9.97. The fourth-order valence-corrected chi connectivity index (χ4v) is 3.33. The van der Waals surface area contributed by atoms with Crippen molar-refractivity contribution in [3.63, 3.8) is 0 Å². The monoisotopic (exact) mass is 268 g/mol. The van der Waals surface area contributed by atoms with Gasteiger partial charge < -0.3 is 5.32 Å². The Morgan fingerprint density at radius 1 is 1.15 bits per heavy atom. The smallest absolute Gasteiger partial charge is 0.0703 e. The van der Waals surface area contributed by atoms with E-state index in [-0.39, 0.29) is 0 Å². The van der Waals surface area contributed by atoms with Crippen LogP contribution >= 0.6 is 0 Å². The van der Waals surface area contributed by atoms with Gasteiger partial charge in [-0.05, 0) is 49.4 Å². The largest absolute Gasteiger partial charge is 0.382 e. The van der Waals surface area contributed by atoms with Crippen molar-refractivity contribution in [2.45, 2.75) is 51.5 Å². The fraction of sp³-hybridized carbons (Fsp3) is 0.500. The molecule has 1 heterocycles. The van der Waals surface area contributed by atoms with E-state index in [9.17, 15) is 0 Å². The lowest BCUT2D eigenvalue weighted by atomic mass is 9.98. The van der Waals surface area contributed by atoms with Gasteiger partial charge in [-0.25, -0.2) is 0 Å². The van der Waals surface area contributed by atoms with Gasteiger partial charge in [-0.2, -0.15) is 0 Å². The first-order valence-corrected chi connectivity index (χ1v) is 7.96. The lowest BCUT2D eigenvalue weighted by Gasteiger charge is -2.18. The van der Waals surface area contributed by atoms with Crippen LogP contribution in [0.2, 0.25) is 0 Å².